The molecule has 0 aromatic heterocycles. The molecule has 20 heavy (non-hydrogen) atoms. The first kappa shape index (κ1) is 15.5. The number of halogens is 3. The van der Waals surface area contributed by atoms with Gasteiger partial charge in [0.2, 0.25) is 0 Å². The highest BCUT2D eigenvalue weighted by Crippen LogP contribution is 2.27. The maximum absolute atomic E-state index is 14.0. The summed E-state index contributed by atoms with van der Waals surface area (Å²) in [6.07, 6.45) is 0.928. The predicted octanol–water partition coefficient (Wildman–Crippen LogP) is 6.09. The molecule has 0 saturated heterocycles. The topological polar surface area (TPSA) is 12.0 Å². The lowest BCUT2D eigenvalue weighted by Gasteiger charge is -2.19. The summed E-state index contributed by atoms with van der Waals surface area (Å²) in [4.78, 5) is 0. The average molecular weight is 401 g/mol. The van der Waals surface area contributed by atoms with Crippen LogP contribution < -0.4 is 5.32 Å². The minimum Gasteiger partial charge on any atom is -0.378 e. The Bertz CT molecular complexity index is 613. The van der Waals surface area contributed by atoms with Gasteiger partial charge in [0.25, 0.3) is 0 Å². The third-order valence-electron chi connectivity index (χ3n) is 3.25. The maximum atomic E-state index is 14.0. The van der Waals surface area contributed by atoms with E-state index in [-0.39, 0.29) is 11.9 Å². The molecule has 1 unspecified atom stereocenters. The van der Waals surface area contributed by atoms with Crippen molar-refractivity contribution in [1.82, 2.24) is 0 Å². The molecule has 106 valence electrons. The standard InChI is InChI=1S/C16H16Br2FN/c1-3-11-8-12(17)5-7-16(11)20-10(2)14-6-4-13(18)9-15(14)19/h4-10,20H,3H2,1-2H3. The van der Waals surface area contributed by atoms with Crippen molar-refractivity contribution in [3.05, 3.63) is 62.3 Å². The minimum absolute atomic E-state index is 0.0884. The maximum Gasteiger partial charge on any atom is 0.129 e. The van der Waals surface area contributed by atoms with E-state index in [0.717, 1.165) is 21.1 Å². The zero-order valence-electron chi connectivity index (χ0n) is 11.4. The van der Waals surface area contributed by atoms with Gasteiger partial charge < -0.3 is 5.32 Å². The van der Waals surface area contributed by atoms with Crippen molar-refractivity contribution in [2.24, 2.45) is 0 Å². The fraction of sp³-hybridized carbons (Fsp3) is 0.250. The van der Waals surface area contributed by atoms with Gasteiger partial charge in [0.05, 0.1) is 6.04 Å². The molecular weight excluding hydrogens is 385 g/mol. The van der Waals surface area contributed by atoms with Gasteiger partial charge in [0.1, 0.15) is 5.82 Å². The van der Waals surface area contributed by atoms with Crippen LogP contribution in [0.2, 0.25) is 0 Å². The van der Waals surface area contributed by atoms with Crippen LogP contribution in [-0.2, 0) is 6.42 Å². The van der Waals surface area contributed by atoms with Crippen molar-refractivity contribution in [3.63, 3.8) is 0 Å². The molecule has 0 radical (unpaired) electrons. The Morgan fingerprint density at radius 1 is 1.10 bits per heavy atom. The highest BCUT2D eigenvalue weighted by molar-refractivity contribution is 9.10. The number of hydrogen-bond acceptors (Lipinski definition) is 1. The Morgan fingerprint density at radius 3 is 2.40 bits per heavy atom. The van der Waals surface area contributed by atoms with Crippen LogP contribution in [0.15, 0.2) is 45.3 Å². The van der Waals surface area contributed by atoms with E-state index < -0.39 is 0 Å². The second kappa shape index (κ2) is 6.72. The second-order valence-corrected chi connectivity index (χ2v) is 6.52. The Hall–Kier alpha value is -0.870. The number of hydrogen-bond donors (Lipinski definition) is 1. The molecule has 0 saturated carbocycles. The minimum atomic E-state index is -0.200. The number of aryl methyl sites for hydroxylation is 1. The number of rotatable bonds is 4. The van der Waals surface area contributed by atoms with Gasteiger partial charge in [-0.1, -0.05) is 44.8 Å². The number of benzene rings is 2. The fourth-order valence-corrected chi connectivity index (χ4v) is 2.90. The van der Waals surface area contributed by atoms with Crippen molar-refractivity contribution in [1.29, 1.82) is 0 Å². The van der Waals surface area contributed by atoms with E-state index in [2.05, 4.69) is 50.2 Å². The Labute approximate surface area is 135 Å². The molecule has 2 aromatic rings. The lowest BCUT2D eigenvalue weighted by molar-refractivity contribution is 0.599. The number of nitrogens with one attached hydrogen (secondary N) is 1. The molecule has 0 fully saturated rings. The lowest BCUT2D eigenvalue weighted by Crippen LogP contribution is -2.10. The van der Waals surface area contributed by atoms with Crippen LogP contribution in [0.1, 0.15) is 31.0 Å². The van der Waals surface area contributed by atoms with E-state index in [1.807, 2.05) is 31.2 Å². The second-order valence-electron chi connectivity index (χ2n) is 4.69. The molecule has 0 spiro atoms. The van der Waals surface area contributed by atoms with Gasteiger partial charge in [-0.15, -0.1) is 0 Å². The van der Waals surface area contributed by atoms with Crippen LogP contribution >= 0.6 is 31.9 Å². The summed E-state index contributed by atoms with van der Waals surface area (Å²) < 4.78 is 15.8. The molecule has 1 N–H and O–H groups in total. The SMILES string of the molecule is CCc1cc(Br)ccc1NC(C)c1ccc(Br)cc1F. The molecule has 0 bridgehead atoms. The first-order chi connectivity index (χ1) is 9.51. The largest absolute Gasteiger partial charge is 0.378 e. The van der Waals surface area contributed by atoms with E-state index in [0.29, 0.717) is 5.56 Å². The molecular formula is C16H16Br2FN. The predicted molar refractivity (Wildman–Crippen MR) is 89.7 cm³/mol. The Morgan fingerprint density at radius 2 is 1.75 bits per heavy atom. The van der Waals surface area contributed by atoms with E-state index in [4.69, 9.17) is 0 Å². The molecule has 1 atom stereocenters. The van der Waals surface area contributed by atoms with E-state index >= 15 is 0 Å². The zero-order valence-corrected chi connectivity index (χ0v) is 14.6. The van der Waals surface area contributed by atoms with Gasteiger partial charge in [-0.05, 0) is 49.2 Å². The lowest BCUT2D eigenvalue weighted by atomic mass is 10.1. The molecule has 0 aliphatic heterocycles. The molecule has 0 amide bonds. The number of anilines is 1. The fourth-order valence-electron chi connectivity index (χ4n) is 2.16. The first-order valence-corrected chi connectivity index (χ1v) is 8.09. The van der Waals surface area contributed by atoms with Gasteiger partial charge in [0, 0.05) is 20.2 Å². The van der Waals surface area contributed by atoms with E-state index in [9.17, 15) is 4.39 Å². The van der Waals surface area contributed by atoms with Crippen molar-refractivity contribution in [3.8, 4) is 0 Å². The van der Waals surface area contributed by atoms with Crippen molar-refractivity contribution >= 4 is 37.5 Å². The molecule has 0 heterocycles. The summed E-state index contributed by atoms with van der Waals surface area (Å²) in [7, 11) is 0. The zero-order chi connectivity index (χ0) is 14.7. The Balaban J connectivity index is 2.25. The van der Waals surface area contributed by atoms with Gasteiger partial charge in [0.15, 0.2) is 0 Å². The van der Waals surface area contributed by atoms with Crippen LogP contribution in [0, 0.1) is 5.82 Å². The van der Waals surface area contributed by atoms with Crippen molar-refractivity contribution in [2.75, 3.05) is 5.32 Å². The van der Waals surface area contributed by atoms with Crippen LogP contribution in [0.3, 0.4) is 0 Å². The van der Waals surface area contributed by atoms with Gasteiger partial charge in [-0.25, -0.2) is 4.39 Å². The average Bonchev–Trinajstić information content (AvgIpc) is 2.40. The van der Waals surface area contributed by atoms with Crippen LogP contribution in [-0.4, -0.2) is 0 Å². The van der Waals surface area contributed by atoms with Crippen LogP contribution in [0.25, 0.3) is 0 Å². The van der Waals surface area contributed by atoms with Crippen LogP contribution in [0.5, 0.6) is 0 Å². The highest BCUT2D eigenvalue weighted by atomic mass is 79.9. The molecule has 0 aliphatic carbocycles. The first-order valence-electron chi connectivity index (χ1n) is 6.51. The molecule has 2 aromatic carbocycles. The summed E-state index contributed by atoms with van der Waals surface area (Å²) in [5.41, 5.74) is 2.92. The van der Waals surface area contributed by atoms with Gasteiger partial charge in [-0.3, -0.25) is 0 Å². The summed E-state index contributed by atoms with van der Waals surface area (Å²) in [5, 5.41) is 3.39. The van der Waals surface area contributed by atoms with Crippen molar-refractivity contribution < 1.29 is 4.39 Å². The molecule has 2 rings (SSSR count). The van der Waals surface area contributed by atoms with Crippen LogP contribution in [0.4, 0.5) is 10.1 Å². The Kier molecular flexibility index (Phi) is 5.22. The highest BCUT2D eigenvalue weighted by Gasteiger charge is 2.12. The monoisotopic (exact) mass is 399 g/mol. The molecule has 4 heteroatoms. The third kappa shape index (κ3) is 3.61. The summed E-state index contributed by atoms with van der Waals surface area (Å²) in [6.45, 7) is 4.08. The summed E-state index contributed by atoms with van der Waals surface area (Å²) in [6, 6.07) is 11.2. The third-order valence-corrected chi connectivity index (χ3v) is 4.24. The molecule has 0 aliphatic rings. The van der Waals surface area contributed by atoms with Crippen molar-refractivity contribution in [2.45, 2.75) is 26.3 Å². The summed E-state index contributed by atoms with van der Waals surface area (Å²) in [5.74, 6) is -0.200. The van der Waals surface area contributed by atoms with E-state index in [1.165, 1.54) is 11.6 Å². The normalized spacial score (nSPS) is 12.2. The van der Waals surface area contributed by atoms with E-state index in [1.54, 1.807) is 0 Å². The smallest absolute Gasteiger partial charge is 0.129 e. The summed E-state index contributed by atoms with van der Waals surface area (Å²) >= 11 is 6.75. The van der Waals surface area contributed by atoms with Gasteiger partial charge in [-0.2, -0.15) is 0 Å². The van der Waals surface area contributed by atoms with Gasteiger partial charge >= 0.3 is 0 Å². The quantitative estimate of drug-likeness (QED) is 0.654. The molecule has 1 nitrogen and oxygen atoms in total.